The highest BCUT2D eigenvalue weighted by Gasteiger charge is 2.36. The fourth-order valence-electron chi connectivity index (χ4n) is 2.58. The fourth-order valence-corrected chi connectivity index (χ4v) is 2.58. The number of fused-ring (bicyclic) bond motifs is 1. The summed E-state index contributed by atoms with van der Waals surface area (Å²) in [6.45, 7) is 2.77. The van der Waals surface area contributed by atoms with E-state index in [9.17, 15) is 0 Å². The highest BCUT2D eigenvalue weighted by atomic mass is 16.6. The van der Waals surface area contributed by atoms with Crippen molar-refractivity contribution >= 4 is 0 Å². The molecule has 1 N–H and O–H groups in total. The van der Waals surface area contributed by atoms with Crippen LogP contribution in [-0.4, -0.2) is 19.8 Å². The predicted molar refractivity (Wildman–Crippen MR) is 71.0 cm³/mol. The minimum atomic E-state index is -0.117. The Labute approximate surface area is 113 Å². The molecular formula is C15H18N2O2. The van der Waals surface area contributed by atoms with Crippen molar-refractivity contribution in [2.45, 2.75) is 25.8 Å². The summed E-state index contributed by atoms with van der Waals surface area (Å²) < 4.78 is 11.1. The van der Waals surface area contributed by atoms with E-state index in [0.29, 0.717) is 13.2 Å². The van der Waals surface area contributed by atoms with Gasteiger partial charge in [-0.3, -0.25) is 0 Å². The van der Waals surface area contributed by atoms with Gasteiger partial charge in [0, 0.05) is 13.1 Å². The van der Waals surface area contributed by atoms with Gasteiger partial charge in [0.2, 0.25) is 0 Å². The third-order valence-corrected chi connectivity index (χ3v) is 3.95. The van der Waals surface area contributed by atoms with Gasteiger partial charge < -0.3 is 14.8 Å². The number of hydrogen-bond donors (Lipinski definition) is 1. The lowest BCUT2D eigenvalue weighted by molar-refractivity contribution is 0.171. The smallest absolute Gasteiger partial charge is 0.161 e. The van der Waals surface area contributed by atoms with Gasteiger partial charge in [-0.2, -0.15) is 5.26 Å². The molecule has 0 radical (unpaired) electrons. The van der Waals surface area contributed by atoms with Crippen molar-refractivity contribution in [1.82, 2.24) is 5.32 Å². The van der Waals surface area contributed by atoms with Crippen molar-refractivity contribution in [3.05, 3.63) is 23.8 Å². The zero-order valence-corrected chi connectivity index (χ0v) is 10.9. The highest BCUT2D eigenvalue weighted by Crippen LogP contribution is 2.39. The summed E-state index contributed by atoms with van der Waals surface area (Å²) in [5, 5.41) is 12.5. The summed E-state index contributed by atoms with van der Waals surface area (Å²) in [5.41, 5.74) is 1.05. The standard InChI is InChI=1S/C15H18N2O2/c16-10-15(4-1-5-15)11-17-9-12-2-3-13-14(8-12)19-7-6-18-13/h2-3,8,17H,1,4-7,9,11H2. The first-order valence-corrected chi connectivity index (χ1v) is 6.82. The molecule has 4 nitrogen and oxygen atoms in total. The first kappa shape index (κ1) is 12.3. The average Bonchev–Trinajstić information content (AvgIpc) is 2.42. The molecule has 0 bridgehead atoms. The van der Waals surface area contributed by atoms with E-state index in [-0.39, 0.29) is 5.41 Å². The van der Waals surface area contributed by atoms with Crippen LogP contribution in [-0.2, 0) is 6.54 Å². The Morgan fingerprint density at radius 3 is 2.68 bits per heavy atom. The molecule has 1 saturated carbocycles. The Balaban J connectivity index is 1.57. The zero-order chi connectivity index (χ0) is 13.1. The van der Waals surface area contributed by atoms with Crippen LogP contribution >= 0.6 is 0 Å². The first-order chi connectivity index (χ1) is 9.31. The summed E-state index contributed by atoms with van der Waals surface area (Å²) in [6.07, 6.45) is 3.23. The summed E-state index contributed by atoms with van der Waals surface area (Å²) in [6, 6.07) is 8.45. The van der Waals surface area contributed by atoms with Gasteiger partial charge in [-0.15, -0.1) is 0 Å². The highest BCUT2D eigenvalue weighted by molar-refractivity contribution is 5.43. The van der Waals surface area contributed by atoms with Crippen LogP contribution in [0.25, 0.3) is 0 Å². The van der Waals surface area contributed by atoms with Crippen molar-refractivity contribution in [2.75, 3.05) is 19.8 Å². The molecule has 1 aromatic carbocycles. The van der Waals surface area contributed by atoms with Gasteiger partial charge in [0.15, 0.2) is 11.5 Å². The zero-order valence-electron chi connectivity index (χ0n) is 10.9. The lowest BCUT2D eigenvalue weighted by Gasteiger charge is -2.35. The van der Waals surface area contributed by atoms with E-state index < -0.39 is 0 Å². The molecule has 1 fully saturated rings. The Morgan fingerprint density at radius 1 is 1.21 bits per heavy atom. The molecule has 0 saturated heterocycles. The van der Waals surface area contributed by atoms with Crippen molar-refractivity contribution in [3.8, 4) is 17.6 Å². The monoisotopic (exact) mass is 258 g/mol. The molecule has 0 aromatic heterocycles. The Morgan fingerprint density at radius 2 is 2.00 bits per heavy atom. The third-order valence-electron chi connectivity index (χ3n) is 3.95. The van der Waals surface area contributed by atoms with Gasteiger partial charge in [-0.25, -0.2) is 0 Å². The lowest BCUT2D eigenvalue weighted by atomic mass is 9.70. The number of ether oxygens (including phenoxy) is 2. The summed E-state index contributed by atoms with van der Waals surface area (Å²) in [4.78, 5) is 0. The maximum absolute atomic E-state index is 9.17. The second-order valence-electron chi connectivity index (χ2n) is 5.33. The number of benzene rings is 1. The molecule has 100 valence electrons. The topological polar surface area (TPSA) is 54.3 Å². The molecule has 1 aromatic rings. The van der Waals surface area contributed by atoms with E-state index >= 15 is 0 Å². The first-order valence-electron chi connectivity index (χ1n) is 6.82. The third kappa shape index (κ3) is 2.52. The maximum atomic E-state index is 9.17. The average molecular weight is 258 g/mol. The van der Waals surface area contributed by atoms with E-state index in [0.717, 1.165) is 43.0 Å². The molecular weight excluding hydrogens is 240 g/mol. The van der Waals surface area contributed by atoms with Crippen molar-refractivity contribution in [1.29, 1.82) is 5.26 Å². The molecule has 2 aliphatic rings. The summed E-state index contributed by atoms with van der Waals surface area (Å²) in [7, 11) is 0. The second kappa shape index (κ2) is 5.10. The van der Waals surface area contributed by atoms with Gasteiger partial charge in [-0.1, -0.05) is 12.5 Å². The molecule has 0 spiro atoms. The minimum absolute atomic E-state index is 0.117. The number of nitrogens with one attached hydrogen (secondary N) is 1. The van der Waals surface area contributed by atoms with Crippen molar-refractivity contribution < 1.29 is 9.47 Å². The lowest BCUT2D eigenvalue weighted by Crippen LogP contribution is -2.38. The summed E-state index contributed by atoms with van der Waals surface area (Å²) in [5.74, 6) is 1.65. The van der Waals surface area contributed by atoms with Crippen LogP contribution in [0.4, 0.5) is 0 Å². The molecule has 1 aliphatic heterocycles. The van der Waals surface area contributed by atoms with E-state index in [1.165, 1.54) is 6.42 Å². The predicted octanol–water partition coefficient (Wildman–Crippen LogP) is 2.24. The second-order valence-corrected chi connectivity index (χ2v) is 5.33. The molecule has 0 atom stereocenters. The number of hydrogen-bond acceptors (Lipinski definition) is 4. The summed E-state index contributed by atoms with van der Waals surface area (Å²) >= 11 is 0. The van der Waals surface area contributed by atoms with Gasteiger partial charge >= 0.3 is 0 Å². The normalized spacial score (nSPS) is 19.3. The SMILES string of the molecule is N#CC1(CNCc2ccc3c(c2)OCCO3)CCC1. The van der Waals surface area contributed by atoms with Crippen molar-refractivity contribution in [3.63, 3.8) is 0 Å². The van der Waals surface area contributed by atoms with E-state index in [1.54, 1.807) is 0 Å². The molecule has 4 heteroatoms. The van der Waals surface area contributed by atoms with Crippen LogP contribution in [0.15, 0.2) is 18.2 Å². The number of nitrogens with zero attached hydrogens (tertiary/aromatic N) is 1. The molecule has 19 heavy (non-hydrogen) atoms. The number of rotatable bonds is 4. The van der Waals surface area contributed by atoms with Gasteiger partial charge in [0.25, 0.3) is 0 Å². The Hall–Kier alpha value is -1.73. The van der Waals surface area contributed by atoms with E-state index in [1.807, 2.05) is 18.2 Å². The molecule has 1 heterocycles. The van der Waals surface area contributed by atoms with Crippen molar-refractivity contribution in [2.24, 2.45) is 5.41 Å². The van der Waals surface area contributed by atoms with Crippen LogP contribution in [0.5, 0.6) is 11.5 Å². The van der Waals surface area contributed by atoms with E-state index in [2.05, 4.69) is 11.4 Å². The molecule has 1 aliphatic carbocycles. The van der Waals surface area contributed by atoms with Crippen LogP contribution < -0.4 is 14.8 Å². The van der Waals surface area contributed by atoms with Crippen LogP contribution in [0.1, 0.15) is 24.8 Å². The van der Waals surface area contributed by atoms with Crippen LogP contribution in [0.2, 0.25) is 0 Å². The quantitative estimate of drug-likeness (QED) is 0.900. The Bertz CT molecular complexity index is 503. The number of nitriles is 1. The van der Waals surface area contributed by atoms with Gasteiger partial charge in [0.05, 0.1) is 11.5 Å². The largest absolute Gasteiger partial charge is 0.486 e. The van der Waals surface area contributed by atoms with E-state index in [4.69, 9.17) is 14.7 Å². The Kier molecular flexibility index (Phi) is 3.31. The van der Waals surface area contributed by atoms with Gasteiger partial charge in [-0.05, 0) is 30.5 Å². The fraction of sp³-hybridized carbons (Fsp3) is 0.533. The molecule has 0 amide bonds. The molecule has 0 unspecified atom stereocenters. The minimum Gasteiger partial charge on any atom is -0.486 e. The van der Waals surface area contributed by atoms with Crippen LogP contribution in [0.3, 0.4) is 0 Å². The maximum Gasteiger partial charge on any atom is 0.161 e. The van der Waals surface area contributed by atoms with Crippen LogP contribution in [0, 0.1) is 16.7 Å². The van der Waals surface area contributed by atoms with Gasteiger partial charge in [0.1, 0.15) is 13.2 Å². The molecule has 3 rings (SSSR count).